The average molecular weight is 266 g/mol. The summed E-state index contributed by atoms with van der Waals surface area (Å²) in [6, 6.07) is 13.7. The fourth-order valence-electron chi connectivity index (χ4n) is 2.17. The molecule has 0 radical (unpaired) electrons. The van der Waals surface area contributed by atoms with Crippen LogP contribution in [0.5, 0.6) is 11.5 Å². The summed E-state index contributed by atoms with van der Waals surface area (Å²) in [5.41, 5.74) is 3.95. The van der Waals surface area contributed by atoms with Crippen molar-refractivity contribution in [1.29, 1.82) is 5.26 Å². The maximum atomic E-state index is 8.86. The van der Waals surface area contributed by atoms with Crippen molar-refractivity contribution in [1.82, 2.24) is 0 Å². The number of ether oxygens (including phenoxy) is 2. The van der Waals surface area contributed by atoms with E-state index in [1.165, 1.54) is 5.56 Å². The molecule has 2 aromatic carbocycles. The number of anilines is 1. The molecule has 3 rings (SSSR count). The summed E-state index contributed by atoms with van der Waals surface area (Å²) in [6.07, 6.45) is 0. The number of aryl methyl sites for hydroxylation is 1. The molecular weight excluding hydrogens is 252 g/mol. The zero-order chi connectivity index (χ0) is 13.9. The van der Waals surface area contributed by atoms with Gasteiger partial charge in [0.2, 0.25) is 6.79 Å². The fourth-order valence-corrected chi connectivity index (χ4v) is 2.17. The lowest BCUT2D eigenvalue weighted by molar-refractivity contribution is 0.174. The first kappa shape index (κ1) is 12.4. The fraction of sp³-hybridized carbons (Fsp3) is 0.188. The van der Waals surface area contributed by atoms with Crippen molar-refractivity contribution >= 4 is 5.69 Å². The number of nitriles is 1. The molecule has 0 amide bonds. The molecule has 0 atom stereocenters. The molecule has 0 bridgehead atoms. The van der Waals surface area contributed by atoms with Gasteiger partial charge in [0.1, 0.15) is 0 Å². The number of hydrogen-bond donors (Lipinski definition) is 1. The second-order valence-electron chi connectivity index (χ2n) is 4.67. The summed E-state index contributed by atoms with van der Waals surface area (Å²) >= 11 is 0. The smallest absolute Gasteiger partial charge is 0.231 e. The molecule has 1 aliphatic rings. The first-order chi connectivity index (χ1) is 9.76. The van der Waals surface area contributed by atoms with Gasteiger partial charge in [0.15, 0.2) is 11.5 Å². The highest BCUT2D eigenvalue weighted by atomic mass is 16.7. The van der Waals surface area contributed by atoms with E-state index < -0.39 is 0 Å². The number of hydrogen-bond acceptors (Lipinski definition) is 4. The second kappa shape index (κ2) is 5.14. The van der Waals surface area contributed by atoms with Gasteiger partial charge in [-0.25, -0.2) is 0 Å². The van der Waals surface area contributed by atoms with Gasteiger partial charge in [-0.15, -0.1) is 0 Å². The van der Waals surface area contributed by atoms with Crippen molar-refractivity contribution in [3.63, 3.8) is 0 Å². The van der Waals surface area contributed by atoms with Crippen molar-refractivity contribution in [3.05, 3.63) is 53.1 Å². The summed E-state index contributed by atoms with van der Waals surface area (Å²) < 4.78 is 10.6. The summed E-state index contributed by atoms with van der Waals surface area (Å²) in [5, 5.41) is 12.2. The van der Waals surface area contributed by atoms with Gasteiger partial charge in [-0.3, -0.25) is 0 Å². The average Bonchev–Trinajstić information content (AvgIpc) is 2.93. The molecule has 2 aromatic rings. The van der Waals surface area contributed by atoms with E-state index in [0.29, 0.717) is 12.1 Å². The van der Waals surface area contributed by atoms with Crippen LogP contribution in [0.25, 0.3) is 0 Å². The Morgan fingerprint density at radius 3 is 2.80 bits per heavy atom. The van der Waals surface area contributed by atoms with Crippen LogP contribution in [0.2, 0.25) is 0 Å². The normalized spacial score (nSPS) is 12.0. The van der Waals surface area contributed by atoms with Gasteiger partial charge >= 0.3 is 0 Å². The van der Waals surface area contributed by atoms with Crippen LogP contribution in [0.3, 0.4) is 0 Å². The zero-order valence-corrected chi connectivity index (χ0v) is 11.1. The molecule has 0 unspecified atom stereocenters. The molecule has 100 valence electrons. The highest BCUT2D eigenvalue weighted by molar-refractivity contribution is 5.56. The third-order valence-electron chi connectivity index (χ3n) is 3.33. The molecule has 1 aliphatic heterocycles. The summed E-state index contributed by atoms with van der Waals surface area (Å²) in [7, 11) is 0. The Bertz CT molecular complexity index is 689. The van der Waals surface area contributed by atoms with Gasteiger partial charge in [-0.05, 0) is 42.3 Å². The van der Waals surface area contributed by atoms with E-state index in [1.807, 2.05) is 43.3 Å². The number of benzene rings is 2. The Labute approximate surface area is 117 Å². The Balaban J connectivity index is 1.72. The molecule has 0 aromatic heterocycles. The second-order valence-corrected chi connectivity index (χ2v) is 4.67. The van der Waals surface area contributed by atoms with Crippen molar-refractivity contribution < 1.29 is 9.47 Å². The van der Waals surface area contributed by atoms with Crippen LogP contribution in [0.15, 0.2) is 36.4 Å². The van der Waals surface area contributed by atoms with E-state index in [2.05, 4.69) is 11.4 Å². The van der Waals surface area contributed by atoms with Gasteiger partial charge in [-0.1, -0.05) is 6.07 Å². The summed E-state index contributed by atoms with van der Waals surface area (Å²) in [4.78, 5) is 0. The van der Waals surface area contributed by atoms with Crippen molar-refractivity contribution in [3.8, 4) is 17.6 Å². The standard InChI is InChI=1S/C16H14N2O2/c1-11-6-12(8-17)2-3-13(11)9-18-14-4-5-15-16(7-14)20-10-19-15/h2-7,18H,9-10H2,1H3. The maximum absolute atomic E-state index is 8.86. The number of nitrogens with zero attached hydrogens (tertiary/aromatic N) is 1. The molecule has 0 fully saturated rings. The highest BCUT2D eigenvalue weighted by Crippen LogP contribution is 2.34. The molecule has 0 spiro atoms. The van der Waals surface area contributed by atoms with Gasteiger partial charge in [0.25, 0.3) is 0 Å². The van der Waals surface area contributed by atoms with Crippen LogP contribution in [0.1, 0.15) is 16.7 Å². The molecular formula is C16H14N2O2. The molecule has 1 heterocycles. The Morgan fingerprint density at radius 2 is 2.00 bits per heavy atom. The van der Waals surface area contributed by atoms with E-state index in [9.17, 15) is 0 Å². The van der Waals surface area contributed by atoms with E-state index >= 15 is 0 Å². The number of rotatable bonds is 3. The third kappa shape index (κ3) is 2.39. The lowest BCUT2D eigenvalue weighted by Crippen LogP contribution is -2.01. The molecule has 4 nitrogen and oxygen atoms in total. The van der Waals surface area contributed by atoms with E-state index in [1.54, 1.807) is 0 Å². The van der Waals surface area contributed by atoms with Crippen molar-refractivity contribution in [2.45, 2.75) is 13.5 Å². The largest absolute Gasteiger partial charge is 0.454 e. The van der Waals surface area contributed by atoms with Gasteiger partial charge in [0, 0.05) is 18.3 Å². The topological polar surface area (TPSA) is 54.3 Å². The minimum atomic E-state index is 0.285. The number of fused-ring (bicyclic) bond motifs is 1. The number of nitrogens with one attached hydrogen (secondary N) is 1. The molecule has 4 heteroatoms. The molecule has 20 heavy (non-hydrogen) atoms. The highest BCUT2D eigenvalue weighted by Gasteiger charge is 2.13. The van der Waals surface area contributed by atoms with Crippen molar-refractivity contribution in [2.75, 3.05) is 12.1 Å². The Hall–Kier alpha value is -2.67. The lowest BCUT2D eigenvalue weighted by atomic mass is 10.1. The maximum Gasteiger partial charge on any atom is 0.231 e. The van der Waals surface area contributed by atoms with Crippen LogP contribution >= 0.6 is 0 Å². The lowest BCUT2D eigenvalue weighted by Gasteiger charge is -2.10. The molecule has 0 saturated heterocycles. The van der Waals surface area contributed by atoms with Crippen LogP contribution in [-0.2, 0) is 6.54 Å². The zero-order valence-electron chi connectivity index (χ0n) is 11.1. The van der Waals surface area contributed by atoms with Gasteiger partial charge in [-0.2, -0.15) is 5.26 Å². The SMILES string of the molecule is Cc1cc(C#N)ccc1CNc1ccc2c(c1)OCO2. The van der Waals surface area contributed by atoms with Gasteiger partial charge < -0.3 is 14.8 Å². The van der Waals surface area contributed by atoms with E-state index in [0.717, 1.165) is 22.7 Å². The molecule has 1 N–H and O–H groups in total. The quantitative estimate of drug-likeness (QED) is 0.926. The summed E-state index contributed by atoms with van der Waals surface area (Å²) in [6.45, 7) is 3.00. The predicted octanol–water partition coefficient (Wildman–Crippen LogP) is 3.21. The van der Waals surface area contributed by atoms with Crippen molar-refractivity contribution in [2.24, 2.45) is 0 Å². The minimum absolute atomic E-state index is 0.285. The van der Waals surface area contributed by atoms with Crippen LogP contribution in [0, 0.1) is 18.3 Å². The molecule has 0 saturated carbocycles. The van der Waals surface area contributed by atoms with Crippen LogP contribution in [0.4, 0.5) is 5.69 Å². The Morgan fingerprint density at radius 1 is 1.15 bits per heavy atom. The first-order valence-corrected chi connectivity index (χ1v) is 6.39. The summed E-state index contributed by atoms with van der Waals surface area (Å²) in [5.74, 6) is 1.55. The van der Waals surface area contributed by atoms with E-state index in [-0.39, 0.29) is 6.79 Å². The minimum Gasteiger partial charge on any atom is -0.454 e. The Kier molecular flexibility index (Phi) is 3.18. The third-order valence-corrected chi connectivity index (χ3v) is 3.33. The molecule has 0 aliphatic carbocycles. The first-order valence-electron chi connectivity index (χ1n) is 6.39. The van der Waals surface area contributed by atoms with Gasteiger partial charge in [0.05, 0.1) is 11.6 Å². The van der Waals surface area contributed by atoms with Crippen LogP contribution in [-0.4, -0.2) is 6.79 Å². The predicted molar refractivity (Wildman–Crippen MR) is 75.8 cm³/mol. The van der Waals surface area contributed by atoms with E-state index in [4.69, 9.17) is 14.7 Å². The monoisotopic (exact) mass is 266 g/mol. The van der Waals surface area contributed by atoms with Crippen LogP contribution < -0.4 is 14.8 Å².